The molecule has 31 heavy (non-hydrogen) atoms. The molecule has 3 aromatic rings. The largest absolute Gasteiger partial charge is 0.457 e. The molecule has 0 aliphatic rings. The molecular formula is C23H18N2O6. The quantitative estimate of drug-likeness (QED) is 0.248. The number of nitrogens with one attached hydrogen (secondary N) is 1. The van der Waals surface area contributed by atoms with Crippen molar-refractivity contribution in [3.63, 3.8) is 0 Å². The molecule has 0 heterocycles. The highest BCUT2D eigenvalue weighted by molar-refractivity contribution is 5.94. The summed E-state index contributed by atoms with van der Waals surface area (Å²) in [6.45, 7) is -0.472. The van der Waals surface area contributed by atoms with Gasteiger partial charge in [0.2, 0.25) is 0 Å². The van der Waals surface area contributed by atoms with Crippen LogP contribution >= 0.6 is 0 Å². The van der Waals surface area contributed by atoms with Gasteiger partial charge in [0.15, 0.2) is 6.61 Å². The van der Waals surface area contributed by atoms with Gasteiger partial charge in [-0.25, -0.2) is 4.79 Å². The number of anilines is 1. The van der Waals surface area contributed by atoms with E-state index in [2.05, 4.69) is 5.32 Å². The number of carbonyl (C=O) groups excluding carboxylic acids is 2. The monoisotopic (exact) mass is 418 g/mol. The first-order chi connectivity index (χ1) is 15.0. The van der Waals surface area contributed by atoms with Crippen molar-refractivity contribution >= 4 is 29.3 Å². The SMILES string of the molecule is O=C(COC(=O)/C=C/c1cccc([N+](=O)[O-])c1)Nc1ccc(Oc2ccccc2)cc1. The van der Waals surface area contributed by atoms with Crippen molar-refractivity contribution in [1.29, 1.82) is 0 Å². The van der Waals surface area contributed by atoms with Gasteiger partial charge < -0.3 is 14.8 Å². The van der Waals surface area contributed by atoms with Crippen LogP contribution in [0.25, 0.3) is 6.08 Å². The number of benzene rings is 3. The van der Waals surface area contributed by atoms with Crippen LogP contribution in [0.1, 0.15) is 5.56 Å². The van der Waals surface area contributed by atoms with Gasteiger partial charge in [-0.1, -0.05) is 30.3 Å². The highest BCUT2D eigenvalue weighted by Gasteiger charge is 2.07. The Morgan fingerprint density at radius 1 is 0.935 bits per heavy atom. The van der Waals surface area contributed by atoms with Crippen molar-refractivity contribution in [2.45, 2.75) is 0 Å². The van der Waals surface area contributed by atoms with Crippen molar-refractivity contribution in [2.24, 2.45) is 0 Å². The minimum absolute atomic E-state index is 0.0879. The number of hydrogen-bond donors (Lipinski definition) is 1. The minimum Gasteiger partial charge on any atom is -0.457 e. The molecule has 0 fully saturated rings. The predicted molar refractivity (Wildman–Crippen MR) is 115 cm³/mol. The van der Waals surface area contributed by atoms with Gasteiger partial charge in [0, 0.05) is 23.9 Å². The van der Waals surface area contributed by atoms with Crippen molar-refractivity contribution in [1.82, 2.24) is 0 Å². The van der Waals surface area contributed by atoms with Crippen molar-refractivity contribution in [2.75, 3.05) is 11.9 Å². The molecule has 8 heteroatoms. The first-order valence-corrected chi connectivity index (χ1v) is 9.22. The summed E-state index contributed by atoms with van der Waals surface area (Å²) in [6, 6.07) is 21.8. The molecule has 0 bridgehead atoms. The van der Waals surface area contributed by atoms with Crippen LogP contribution in [0.3, 0.4) is 0 Å². The van der Waals surface area contributed by atoms with Crippen LogP contribution in [0.15, 0.2) is 84.9 Å². The Balaban J connectivity index is 1.45. The molecule has 3 aromatic carbocycles. The summed E-state index contributed by atoms with van der Waals surface area (Å²) in [7, 11) is 0. The van der Waals surface area contributed by atoms with Crippen molar-refractivity contribution in [3.05, 3.63) is 101 Å². The third kappa shape index (κ3) is 6.82. The average molecular weight is 418 g/mol. The molecule has 156 valence electrons. The van der Waals surface area contributed by atoms with Gasteiger partial charge in [0.25, 0.3) is 11.6 Å². The van der Waals surface area contributed by atoms with Crippen molar-refractivity contribution < 1.29 is 24.0 Å². The molecule has 0 unspecified atom stereocenters. The fraction of sp³-hybridized carbons (Fsp3) is 0.0435. The lowest BCUT2D eigenvalue weighted by Gasteiger charge is -2.08. The number of para-hydroxylation sites is 1. The van der Waals surface area contributed by atoms with Crippen LogP contribution < -0.4 is 10.1 Å². The van der Waals surface area contributed by atoms with E-state index in [0.29, 0.717) is 22.7 Å². The Bertz CT molecular complexity index is 1090. The van der Waals surface area contributed by atoms with E-state index in [-0.39, 0.29) is 5.69 Å². The minimum atomic E-state index is -0.742. The number of nitrogens with zero attached hydrogens (tertiary/aromatic N) is 1. The number of esters is 1. The zero-order valence-electron chi connectivity index (χ0n) is 16.3. The molecular weight excluding hydrogens is 400 g/mol. The zero-order chi connectivity index (χ0) is 22.1. The standard InChI is InChI=1S/C23H18N2O6/c26-22(16-30-23(27)14-9-17-5-4-6-19(15-17)25(28)29)24-18-10-12-21(13-11-18)31-20-7-2-1-3-8-20/h1-15H,16H2,(H,24,26)/b14-9+. The molecule has 0 aromatic heterocycles. The molecule has 0 saturated carbocycles. The molecule has 0 atom stereocenters. The summed E-state index contributed by atoms with van der Waals surface area (Å²) in [5, 5.41) is 13.4. The molecule has 1 N–H and O–H groups in total. The fourth-order valence-electron chi connectivity index (χ4n) is 2.52. The number of nitro groups is 1. The molecule has 1 amide bonds. The van der Waals surface area contributed by atoms with Gasteiger partial charge in [-0.3, -0.25) is 14.9 Å². The van der Waals surface area contributed by atoms with Crippen LogP contribution in [-0.2, 0) is 14.3 Å². The van der Waals surface area contributed by atoms with Gasteiger partial charge >= 0.3 is 5.97 Å². The Morgan fingerprint density at radius 2 is 1.65 bits per heavy atom. The molecule has 0 aliphatic heterocycles. The van der Waals surface area contributed by atoms with Gasteiger partial charge in [-0.15, -0.1) is 0 Å². The summed E-state index contributed by atoms with van der Waals surface area (Å²) in [4.78, 5) is 34.0. The zero-order valence-corrected chi connectivity index (χ0v) is 16.3. The number of rotatable bonds is 8. The molecule has 0 saturated heterocycles. The summed E-state index contributed by atoms with van der Waals surface area (Å²) in [5.74, 6) is 0.0633. The van der Waals surface area contributed by atoms with E-state index >= 15 is 0 Å². The van der Waals surface area contributed by atoms with Gasteiger partial charge in [0.1, 0.15) is 11.5 Å². The molecule has 8 nitrogen and oxygen atoms in total. The number of amides is 1. The van der Waals surface area contributed by atoms with E-state index in [1.54, 1.807) is 30.3 Å². The third-order valence-corrected chi connectivity index (χ3v) is 3.96. The van der Waals surface area contributed by atoms with Gasteiger partial charge in [-0.2, -0.15) is 0 Å². The maximum Gasteiger partial charge on any atom is 0.331 e. The van der Waals surface area contributed by atoms with Gasteiger partial charge in [0.05, 0.1) is 4.92 Å². The fourth-order valence-corrected chi connectivity index (χ4v) is 2.52. The van der Waals surface area contributed by atoms with Crippen LogP contribution in [0.5, 0.6) is 11.5 Å². The highest BCUT2D eigenvalue weighted by atomic mass is 16.6. The summed E-state index contributed by atoms with van der Waals surface area (Å²) in [6.07, 6.45) is 2.47. The smallest absolute Gasteiger partial charge is 0.331 e. The van der Waals surface area contributed by atoms with E-state index in [9.17, 15) is 19.7 Å². The van der Waals surface area contributed by atoms with Crippen molar-refractivity contribution in [3.8, 4) is 11.5 Å². The molecule has 0 aliphatic carbocycles. The first kappa shape index (κ1) is 21.3. The molecule has 0 spiro atoms. The topological polar surface area (TPSA) is 108 Å². The lowest BCUT2D eigenvalue weighted by Crippen LogP contribution is -2.20. The number of nitro benzene ring substituents is 1. The summed E-state index contributed by atoms with van der Waals surface area (Å²) in [5.41, 5.74) is 0.900. The molecule has 0 radical (unpaired) electrons. The van der Waals surface area contributed by atoms with Gasteiger partial charge in [-0.05, 0) is 48.0 Å². The van der Waals surface area contributed by atoms with E-state index in [1.807, 2.05) is 30.3 Å². The Kier molecular flexibility index (Phi) is 7.10. The van der Waals surface area contributed by atoms with Crippen LogP contribution in [-0.4, -0.2) is 23.4 Å². The predicted octanol–water partition coefficient (Wildman–Crippen LogP) is 4.58. The van der Waals surface area contributed by atoms with E-state index in [0.717, 1.165) is 6.08 Å². The van der Waals surface area contributed by atoms with Crippen LogP contribution in [0.2, 0.25) is 0 Å². The Morgan fingerprint density at radius 3 is 2.35 bits per heavy atom. The normalized spacial score (nSPS) is 10.5. The number of carbonyl (C=O) groups is 2. The Hall–Kier alpha value is -4.46. The first-order valence-electron chi connectivity index (χ1n) is 9.22. The third-order valence-electron chi connectivity index (χ3n) is 3.96. The van der Waals surface area contributed by atoms with E-state index < -0.39 is 23.4 Å². The second-order valence-electron chi connectivity index (χ2n) is 6.28. The number of non-ortho nitro benzene ring substituents is 1. The molecule has 3 rings (SSSR count). The average Bonchev–Trinajstić information content (AvgIpc) is 2.78. The van der Waals surface area contributed by atoms with E-state index in [4.69, 9.17) is 9.47 Å². The lowest BCUT2D eigenvalue weighted by atomic mass is 10.2. The second-order valence-corrected chi connectivity index (χ2v) is 6.28. The van der Waals surface area contributed by atoms with E-state index in [1.165, 1.54) is 24.3 Å². The number of ether oxygens (including phenoxy) is 2. The summed E-state index contributed by atoms with van der Waals surface area (Å²) < 4.78 is 10.6. The second kappa shape index (κ2) is 10.4. The lowest BCUT2D eigenvalue weighted by molar-refractivity contribution is -0.384. The highest BCUT2D eigenvalue weighted by Crippen LogP contribution is 2.22. The van der Waals surface area contributed by atoms with Crippen LogP contribution in [0.4, 0.5) is 11.4 Å². The number of hydrogen-bond acceptors (Lipinski definition) is 6. The maximum atomic E-state index is 12.0. The summed E-state index contributed by atoms with van der Waals surface area (Å²) >= 11 is 0. The Labute approximate surface area is 177 Å². The maximum absolute atomic E-state index is 12.0. The van der Waals surface area contributed by atoms with Crippen LogP contribution in [0, 0.1) is 10.1 Å².